The number of aliphatic carboxylic acids is 1. The predicted octanol–water partition coefficient (Wildman–Crippen LogP) is 8.60. The summed E-state index contributed by atoms with van der Waals surface area (Å²) in [6.45, 7) is 4.49. The minimum Gasteiger partial charge on any atom is -0.481 e. The van der Waals surface area contributed by atoms with E-state index in [9.17, 15) is 9.90 Å². The van der Waals surface area contributed by atoms with Gasteiger partial charge in [-0.25, -0.2) is 9.97 Å². The van der Waals surface area contributed by atoms with Crippen LogP contribution in [-0.4, -0.2) is 21.0 Å². The summed E-state index contributed by atoms with van der Waals surface area (Å²) in [4.78, 5) is 20.7. The first-order valence-electron chi connectivity index (χ1n) is 14.3. The Morgan fingerprint density at radius 3 is 1.97 bits per heavy atom. The Hall–Kier alpha value is -2.23. The second-order valence-corrected chi connectivity index (χ2v) is 10.6. The van der Waals surface area contributed by atoms with Crippen LogP contribution in [0.15, 0.2) is 36.7 Å². The van der Waals surface area contributed by atoms with E-state index in [0.29, 0.717) is 11.8 Å². The third-order valence-electron chi connectivity index (χ3n) is 8.01. The Kier molecular flexibility index (Phi) is 11.7. The quantitative estimate of drug-likeness (QED) is 0.260. The molecule has 0 amide bonds. The minimum atomic E-state index is -0.636. The highest BCUT2D eigenvalue weighted by Gasteiger charge is 2.30. The number of unbranched alkanes of at least 4 members (excludes halogenated alkanes) is 8. The molecule has 2 aromatic rings. The maximum atomic E-state index is 11.3. The topological polar surface area (TPSA) is 63.1 Å². The zero-order chi connectivity index (χ0) is 24.9. The largest absolute Gasteiger partial charge is 0.481 e. The molecule has 1 atom stereocenters. The van der Waals surface area contributed by atoms with Gasteiger partial charge in [-0.05, 0) is 67.9 Å². The number of rotatable bonds is 15. The maximum Gasteiger partial charge on any atom is 0.306 e. The Morgan fingerprint density at radius 1 is 0.857 bits per heavy atom. The minimum absolute atomic E-state index is 0.161. The molecule has 1 unspecified atom stereocenters. The SMILES string of the molecule is CCCCCCCCCCCc1ccc(-c2ncc(C(CC)C3CCC(C(=O)O)CC3)cn2)cc1. The van der Waals surface area contributed by atoms with Crippen LogP contribution in [0.5, 0.6) is 0 Å². The fourth-order valence-electron chi connectivity index (χ4n) is 5.75. The summed E-state index contributed by atoms with van der Waals surface area (Å²) in [5, 5.41) is 9.28. The molecule has 1 aliphatic rings. The number of aromatic nitrogens is 2. The average Bonchev–Trinajstić information content (AvgIpc) is 2.89. The van der Waals surface area contributed by atoms with Crippen molar-refractivity contribution in [3.8, 4) is 11.4 Å². The van der Waals surface area contributed by atoms with E-state index in [1.807, 2.05) is 12.4 Å². The van der Waals surface area contributed by atoms with Gasteiger partial charge in [0, 0.05) is 18.0 Å². The van der Waals surface area contributed by atoms with Crippen molar-refractivity contribution in [3.05, 3.63) is 47.8 Å². The molecule has 1 aliphatic carbocycles. The Labute approximate surface area is 213 Å². The van der Waals surface area contributed by atoms with Crippen LogP contribution in [0.4, 0.5) is 0 Å². The lowest BCUT2D eigenvalue weighted by atomic mass is 9.73. The van der Waals surface area contributed by atoms with Gasteiger partial charge in [-0.3, -0.25) is 4.79 Å². The van der Waals surface area contributed by atoms with Gasteiger partial charge in [0.25, 0.3) is 0 Å². The highest BCUT2D eigenvalue weighted by atomic mass is 16.4. The van der Waals surface area contributed by atoms with Crippen molar-refractivity contribution < 1.29 is 9.90 Å². The molecule has 1 N–H and O–H groups in total. The van der Waals surface area contributed by atoms with Crippen LogP contribution in [0.3, 0.4) is 0 Å². The van der Waals surface area contributed by atoms with Crippen molar-refractivity contribution in [1.82, 2.24) is 9.97 Å². The fourth-order valence-corrected chi connectivity index (χ4v) is 5.75. The number of benzene rings is 1. The summed E-state index contributed by atoms with van der Waals surface area (Å²) in [6, 6.07) is 8.77. The second kappa shape index (κ2) is 15.0. The van der Waals surface area contributed by atoms with Gasteiger partial charge in [-0.2, -0.15) is 0 Å². The molecule has 0 spiro atoms. The summed E-state index contributed by atoms with van der Waals surface area (Å²) >= 11 is 0. The standard InChI is InChI=1S/C31H46N2O2/c1-3-5-6-7-8-9-10-11-12-13-24-14-16-26(17-15-24)30-32-22-28(23-33-30)29(4-2)25-18-20-27(21-19-25)31(34)35/h14-17,22-23,25,27,29H,3-13,18-21H2,1-2H3,(H,34,35). The first-order chi connectivity index (χ1) is 17.1. The lowest BCUT2D eigenvalue weighted by Crippen LogP contribution is -2.24. The van der Waals surface area contributed by atoms with Gasteiger partial charge >= 0.3 is 5.97 Å². The van der Waals surface area contributed by atoms with Crippen molar-refractivity contribution >= 4 is 5.97 Å². The first kappa shape index (κ1) is 27.4. The zero-order valence-corrected chi connectivity index (χ0v) is 22.1. The van der Waals surface area contributed by atoms with Gasteiger partial charge in [0.1, 0.15) is 0 Å². The maximum absolute atomic E-state index is 11.3. The average molecular weight is 479 g/mol. The summed E-state index contributed by atoms with van der Waals surface area (Å²) < 4.78 is 0. The van der Waals surface area contributed by atoms with Gasteiger partial charge in [0.05, 0.1) is 5.92 Å². The monoisotopic (exact) mass is 478 g/mol. The van der Waals surface area contributed by atoms with Crippen molar-refractivity contribution in [1.29, 1.82) is 0 Å². The van der Waals surface area contributed by atoms with E-state index >= 15 is 0 Å². The molecule has 4 nitrogen and oxygen atoms in total. The lowest BCUT2D eigenvalue weighted by molar-refractivity contribution is -0.143. The Bertz CT molecular complexity index is 855. The second-order valence-electron chi connectivity index (χ2n) is 10.6. The molecular weight excluding hydrogens is 432 g/mol. The molecule has 1 saturated carbocycles. The fraction of sp³-hybridized carbons (Fsp3) is 0.645. The molecule has 1 heterocycles. The number of carboxylic acid groups (broad SMARTS) is 1. The van der Waals surface area contributed by atoms with E-state index in [2.05, 4.69) is 38.1 Å². The number of nitrogens with zero attached hydrogens (tertiary/aromatic N) is 2. The van der Waals surface area contributed by atoms with E-state index in [0.717, 1.165) is 49.9 Å². The van der Waals surface area contributed by atoms with Gasteiger partial charge in [0.15, 0.2) is 5.82 Å². The number of hydrogen-bond donors (Lipinski definition) is 1. The van der Waals surface area contributed by atoms with E-state index in [-0.39, 0.29) is 5.92 Å². The molecule has 1 aromatic heterocycles. The van der Waals surface area contributed by atoms with E-state index < -0.39 is 5.97 Å². The highest BCUT2D eigenvalue weighted by Crippen LogP contribution is 2.39. The van der Waals surface area contributed by atoms with Crippen LogP contribution in [0.25, 0.3) is 11.4 Å². The molecule has 192 valence electrons. The van der Waals surface area contributed by atoms with E-state index in [1.54, 1.807) is 0 Å². The van der Waals surface area contributed by atoms with Gasteiger partial charge in [-0.1, -0.05) is 89.5 Å². The third-order valence-corrected chi connectivity index (χ3v) is 8.01. The molecule has 35 heavy (non-hydrogen) atoms. The molecule has 3 rings (SSSR count). The van der Waals surface area contributed by atoms with E-state index in [4.69, 9.17) is 9.97 Å². The molecular formula is C31H46N2O2. The van der Waals surface area contributed by atoms with E-state index in [1.165, 1.54) is 68.9 Å². The molecule has 0 bridgehead atoms. The van der Waals surface area contributed by atoms with Gasteiger partial charge < -0.3 is 5.11 Å². The van der Waals surface area contributed by atoms with Crippen molar-refractivity contribution in [3.63, 3.8) is 0 Å². The summed E-state index contributed by atoms with van der Waals surface area (Å²) in [6.07, 6.45) is 22.0. The smallest absolute Gasteiger partial charge is 0.306 e. The first-order valence-corrected chi connectivity index (χ1v) is 14.3. The molecule has 4 heteroatoms. The molecule has 0 radical (unpaired) electrons. The van der Waals surface area contributed by atoms with Gasteiger partial charge in [-0.15, -0.1) is 0 Å². The van der Waals surface area contributed by atoms with Crippen LogP contribution in [0.2, 0.25) is 0 Å². The highest BCUT2D eigenvalue weighted by molar-refractivity contribution is 5.70. The molecule has 0 aliphatic heterocycles. The van der Waals surface area contributed by atoms with Crippen LogP contribution in [0.1, 0.15) is 121 Å². The Balaban J connectivity index is 1.44. The number of hydrogen-bond acceptors (Lipinski definition) is 3. The molecule has 1 fully saturated rings. The summed E-state index contributed by atoms with van der Waals surface area (Å²) in [5.41, 5.74) is 3.66. The van der Waals surface area contributed by atoms with Crippen LogP contribution < -0.4 is 0 Å². The summed E-state index contributed by atoms with van der Waals surface area (Å²) in [7, 11) is 0. The Morgan fingerprint density at radius 2 is 1.43 bits per heavy atom. The van der Waals surface area contributed by atoms with Gasteiger partial charge in [0.2, 0.25) is 0 Å². The van der Waals surface area contributed by atoms with Crippen LogP contribution in [0, 0.1) is 11.8 Å². The lowest BCUT2D eigenvalue weighted by Gasteiger charge is -2.32. The van der Waals surface area contributed by atoms with Crippen molar-refractivity contribution in [2.45, 2.75) is 116 Å². The van der Waals surface area contributed by atoms with Crippen molar-refractivity contribution in [2.75, 3.05) is 0 Å². The summed E-state index contributed by atoms with van der Waals surface area (Å²) in [5.74, 6) is 0.935. The zero-order valence-electron chi connectivity index (χ0n) is 22.1. The number of aryl methyl sites for hydroxylation is 1. The number of carboxylic acids is 1. The normalized spacial score (nSPS) is 18.9. The molecule has 0 saturated heterocycles. The predicted molar refractivity (Wildman–Crippen MR) is 145 cm³/mol. The molecule has 1 aromatic carbocycles. The number of carbonyl (C=O) groups is 1. The third kappa shape index (κ3) is 8.74. The van der Waals surface area contributed by atoms with Crippen LogP contribution in [-0.2, 0) is 11.2 Å². The van der Waals surface area contributed by atoms with Crippen LogP contribution >= 0.6 is 0 Å². The van der Waals surface area contributed by atoms with Crippen molar-refractivity contribution in [2.24, 2.45) is 11.8 Å².